The Morgan fingerprint density at radius 3 is 2.89 bits per heavy atom. The molecule has 2 heterocycles. The van der Waals surface area contributed by atoms with Gasteiger partial charge >= 0.3 is 12.0 Å². The second kappa shape index (κ2) is 6.47. The summed E-state index contributed by atoms with van der Waals surface area (Å²) in [4.78, 5) is 26.8. The molecule has 6 nitrogen and oxygen atoms in total. The largest absolute Gasteiger partial charge is 0.480 e. The summed E-state index contributed by atoms with van der Waals surface area (Å²) in [6, 6.07) is -0.923. The minimum Gasteiger partial charge on any atom is -0.480 e. The van der Waals surface area contributed by atoms with Crippen LogP contribution in [0.3, 0.4) is 0 Å². The SMILES string of the molecule is CCN1CCC(CNC(=O)N2CSCC2C(=O)O)C1. The van der Waals surface area contributed by atoms with Crippen molar-refractivity contribution in [2.24, 2.45) is 5.92 Å². The van der Waals surface area contributed by atoms with Crippen LogP contribution in [-0.4, -0.2) is 70.8 Å². The number of carboxylic acids is 1. The first-order valence-corrected chi connectivity index (χ1v) is 7.84. The van der Waals surface area contributed by atoms with Crippen molar-refractivity contribution in [3.05, 3.63) is 0 Å². The van der Waals surface area contributed by atoms with Crippen LogP contribution in [0, 0.1) is 5.92 Å². The average molecular weight is 287 g/mol. The monoisotopic (exact) mass is 287 g/mol. The van der Waals surface area contributed by atoms with Crippen LogP contribution in [0.15, 0.2) is 0 Å². The molecule has 2 amide bonds. The normalized spacial score (nSPS) is 27.7. The predicted octanol–water partition coefficient (Wildman–Crippen LogP) is 0.497. The summed E-state index contributed by atoms with van der Waals surface area (Å²) in [5.41, 5.74) is 0. The molecule has 2 fully saturated rings. The standard InChI is InChI=1S/C12H21N3O3S/c1-2-14-4-3-9(6-14)5-13-12(18)15-8-19-7-10(15)11(16)17/h9-10H,2-8H2,1H3,(H,13,18)(H,16,17). The van der Waals surface area contributed by atoms with E-state index < -0.39 is 12.0 Å². The zero-order valence-corrected chi connectivity index (χ0v) is 12.0. The molecule has 7 heteroatoms. The maximum atomic E-state index is 12.0. The van der Waals surface area contributed by atoms with Crippen LogP contribution in [0.5, 0.6) is 0 Å². The van der Waals surface area contributed by atoms with Crippen LogP contribution in [-0.2, 0) is 4.79 Å². The van der Waals surface area contributed by atoms with Crippen LogP contribution in [0.2, 0.25) is 0 Å². The number of amides is 2. The smallest absolute Gasteiger partial charge is 0.327 e. The van der Waals surface area contributed by atoms with Gasteiger partial charge in [0, 0.05) is 18.8 Å². The van der Waals surface area contributed by atoms with Gasteiger partial charge in [0.25, 0.3) is 0 Å². The van der Waals surface area contributed by atoms with E-state index in [1.54, 1.807) is 0 Å². The number of rotatable bonds is 4. The fraction of sp³-hybridized carbons (Fsp3) is 0.833. The topological polar surface area (TPSA) is 72.9 Å². The van der Waals surface area contributed by atoms with Gasteiger partial charge in [-0.3, -0.25) is 0 Å². The highest BCUT2D eigenvalue weighted by atomic mass is 32.2. The lowest BCUT2D eigenvalue weighted by atomic mass is 10.1. The Morgan fingerprint density at radius 2 is 2.26 bits per heavy atom. The molecule has 0 saturated carbocycles. The van der Waals surface area contributed by atoms with Gasteiger partial charge in [0.15, 0.2) is 0 Å². The maximum absolute atomic E-state index is 12.0. The molecule has 0 aromatic rings. The number of nitrogens with zero attached hydrogens (tertiary/aromatic N) is 2. The van der Waals surface area contributed by atoms with Crippen molar-refractivity contribution in [1.82, 2.24) is 15.1 Å². The zero-order chi connectivity index (χ0) is 13.8. The molecule has 2 N–H and O–H groups in total. The van der Waals surface area contributed by atoms with Crippen LogP contribution in [0.4, 0.5) is 4.79 Å². The Balaban J connectivity index is 1.77. The maximum Gasteiger partial charge on any atom is 0.327 e. The lowest BCUT2D eigenvalue weighted by Gasteiger charge is -2.22. The summed E-state index contributed by atoms with van der Waals surface area (Å²) in [5, 5.41) is 11.9. The highest BCUT2D eigenvalue weighted by Gasteiger charge is 2.34. The molecule has 0 radical (unpaired) electrons. The Hall–Kier alpha value is -0.950. The van der Waals surface area contributed by atoms with Gasteiger partial charge in [-0.05, 0) is 25.4 Å². The van der Waals surface area contributed by atoms with E-state index in [2.05, 4.69) is 17.1 Å². The molecule has 2 unspecified atom stereocenters. The van der Waals surface area contributed by atoms with Gasteiger partial charge in [-0.1, -0.05) is 6.92 Å². The summed E-state index contributed by atoms with van der Waals surface area (Å²) in [6.07, 6.45) is 1.10. The van der Waals surface area contributed by atoms with E-state index in [0.29, 0.717) is 24.1 Å². The number of hydrogen-bond acceptors (Lipinski definition) is 4. The third kappa shape index (κ3) is 3.54. The molecule has 2 aliphatic rings. The molecule has 2 aliphatic heterocycles. The third-order valence-corrected chi connectivity index (χ3v) is 4.80. The van der Waals surface area contributed by atoms with Crippen molar-refractivity contribution in [3.63, 3.8) is 0 Å². The number of likely N-dealkylation sites (tertiary alicyclic amines) is 1. The van der Waals surface area contributed by atoms with Gasteiger partial charge < -0.3 is 20.2 Å². The number of hydrogen-bond donors (Lipinski definition) is 2. The van der Waals surface area contributed by atoms with E-state index in [-0.39, 0.29) is 6.03 Å². The molecular formula is C12H21N3O3S. The number of carbonyl (C=O) groups is 2. The number of thioether (sulfide) groups is 1. The van der Waals surface area contributed by atoms with E-state index in [1.807, 2.05) is 0 Å². The van der Waals surface area contributed by atoms with E-state index in [4.69, 9.17) is 5.11 Å². The van der Waals surface area contributed by atoms with Gasteiger partial charge in [-0.15, -0.1) is 11.8 Å². The van der Waals surface area contributed by atoms with Gasteiger partial charge in [0.1, 0.15) is 6.04 Å². The zero-order valence-electron chi connectivity index (χ0n) is 11.2. The van der Waals surface area contributed by atoms with Gasteiger partial charge in [0.2, 0.25) is 0 Å². The first-order chi connectivity index (χ1) is 9.11. The molecule has 2 saturated heterocycles. The number of urea groups is 1. The molecule has 0 aliphatic carbocycles. The van der Waals surface area contributed by atoms with Crippen LogP contribution in [0.1, 0.15) is 13.3 Å². The second-order valence-electron chi connectivity index (χ2n) is 5.06. The summed E-state index contributed by atoms with van der Waals surface area (Å²) >= 11 is 1.49. The Bertz CT molecular complexity index is 353. The third-order valence-electron chi connectivity index (χ3n) is 3.79. The molecule has 0 bridgehead atoms. The molecular weight excluding hydrogens is 266 g/mol. The van der Waals surface area contributed by atoms with Gasteiger partial charge in [0.05, 0.1) is 5.88 Å². The lowest BCUT2D eigenvalue weighted by Crippen LogP contribution is -2.48. The van der Waals surface area contributed by atoms with E-state index >= 15 is 0 Å². The van der Waals surface area contributed by atoms with Crippen LogP contribution >= 0.6 is 11.8 Å². The number of aliphatic carboxylic acids is 1. The summed E-state index contributed by atoms with van der Waals surface area (Å²) in [6.45, 7) is 5.94. The van der Waals surface area contributed by atoms with Crippen molar-refractivity contribution < 1.29 is 14.7 Å². The highest BCUT2D eigenvalue weighted by Crippen LogP contribution is 2.21. The van der Waals surface area contributed by atoms with E-state index in [0.717, 1.165) is 26.1 Å². The lowest BCUT2D eigenvalue weighted by molar-refractivity contribution is -0.140. The molecule has 0 aromatic heterocycles. The van der Waals surface area contributed by atoms with E-state index in [1.165, 1.54) is 16.7 Å². The van der Waals surface area contributed by atoms with Gasteiger partial charge in [-0.25, -0.2) is 9.59 Å². The van der Waals surface area contributed by atoms with Crippen molar-refractivity contribution in [2.75, 3.05) is 37.8 Å². The molecule has 2 atom stereocenters. The quantitative estimate of drug-likeness (QED) is 0.787. The molecule has 0 aromatic carbocycles. The fourth-order valence-corrected chi connectivity index (χ4v) is 3.69. The predicted molar refractivity (Wildman–Crippen MR) is 74.2 cm³/mol. The highest BCUT2D eigenvalue weighted by molar-refractivity contribution is 7.99. The molecule has 2 rings (SSSR count). The van der Waals surface area contributed by atoms with Crippen molar-refractivity contribution >= 4 is 23.8 Å². The first-order valence-electron chi connectivity index (χ1n) is 6.69. The Morgan fingerprint density at radius 1 is 1.47 bits per heavy atom. The van der Waals surface area contributed by atoms with E-state index in [9.17, 15) is 9.59 Å². The van der Waals surface area contributed by atoms with Crippen molar-refractivity contribution in [1.29, 1.82) is 0 Å². The summed E-state index contributed by atoms with van der Waals surface area (Å²) in [5.74, 6) is 0.519. The Labute approximate surface area is 117 Å². The minimum atomic E-state index is -0.918. The average Bonchev–Trinajstić information content (AvgIpc) is 3.04. The molecule has 108 valence electrons. The van der Waals surface area contributed by atoms with Crippen molar-refractivity contribution in [2.45, 2.75) is 19.4 Å². The number of nitrogens with one attached hydrogen (secondary N) is 1. The van der Waals surface area contributed by atoms with Crippen molar-refractivity contribution in [3.8, 4) is 0 Å². The van der Waals surface area contributed by atoms with Gasteiger partial charge in [-0.2, -0.15) is 0 Å². The minimum absolute atomic E-state index is 0.243. The van der Waals surface area contributed by atoms with Crippen LogP contribution in [0.25, 0.3) is 0 Å². The molecule has 0 spiro atoms. The second-order valence-corrected chi connectivity index (χ2v) is 6.06. The fourth-order valence-electron chi connectivity index (χ4n) is 2.55. The summed E-state index contributed by atoms with van der Waals surface area (Å²) in [7, 11) is 0. The number of carboxylic acid groups (broad SMARTS) is 1. The molecule has 19 heavy (non-hydrogen) atoms. The van der Waals surface area contributed by atoms with Crippen LogP contribution < -0.4 is 5.32 Å². The Kier molecular flexibility index (Phi) is 4.93. The summed E-state index contributed by atoms with van der Waals surface area (Å²) < 4.78 is 0. The number of carbonyl (C=O) groups excluding carboxylic acids is 1. The first kappa shape index (κ1) is 14.5.